The SMILES string of the molecule is COCCNC(=O)Cn1c2ccccc2c2cnn(C)c(=O)c21. The molecule has 0 bridgehead atoms. The molecule has 0 aliphatic carbocycles. The maximum Gasteiger partial charge on any atom is 0.291 e. The first-order valence-electron chi connectivity index (χ1n) is 7.32. The van der Waals surface area contributed by atoms with E-state index in [1.807, 2.05) is 24.3 Å². The fourth-order valence-corrected chi connectivity index (χ4v) is 2.70. The topological polar surface area (TPSA) is 78.2 Å². The van der Waals surface area contributed by atoms with E-state index in [2.05, 4.69) is 10.4 Å². The van der Waals surface area contributed by atoms with E-state index >= 15 is 0 Å². The third kappa shape index (κ3) is 2.70. The van der Waals surface area contributed by atoms with Crippen LogP contribution >= 0.6 is 0 Å². The molecule has 0 saturated carbocycles. The van der Waals surface area contributed by atoms with Crippen LogP contribution in [0.5, 0.6) is 0 Å². The van der Waals surface area contributed by atoms with Crippen molar-refractivity contribution in [3.8, 4) is 0 Å². The molecule has 1 aromatic carbocycles. The summed E-state index contributed by atoms with van der Waals surface area (Å²) in [5.41, 5.74) is 1.11. The van der Waals surface area contributed by atoms with E-state index in [-0.39, 0.29) is 18.0 Å². The van der Waals surface area contributed by atoms with Crippen LogP contribution < -0.4 is 10.9 Å². The second-order valence-corrected chi connectivity index (χ2v) is 5.28. The third-order valence-corrected chi connectivity index (χ3v) is 3.80. The molecule has 0 aliphatic rings. The van der Waals surface area contributed by atoms with Crippen molar-refractivity contribution in [3.63, 3.8) is 0 Å². The van der Waals surface area contributed by atoms with Crippen LogP contribution in [0.15, 0.2) is 35.3 Å². The summed E-state index contributed by atoms with van der Waals surface area (Å²) >= 11 is 0. The number of hydrogen-bond donors (Lipinski definition) is 1. The summed E-state index contributed by atoms with van der Waals surface area (Å²) in [5, 5.41) is 8.53. The zero-order chi connectivity index (χ0) is 16.4. The van der Waals surface area contributed by atoms with Crippen LogP contribution in [0.1, 0.15) is 0 Å². The Morgan fingerprint density at radius 2 is 2.09 bits per heavy atom. The first-order chi connectivity index (χ1) is 11.1. The lowest BCUT2D eigenvalue weighted by Crippen LogP contribution is -2.31. The van der Waals surface area contributed by atoms with Gasteiger partial charge in [0.1, 0.15) is 12.1 Å². The number of rotatable bonds is 5. The molecule has 0 atom stereocenters. The quantitative estimate of drug-likeness (QED) is 0.702. The average Bonchev–Trinajstić information content (AvgIpc) is 2.86. The van der Waals surface area contributed by atoms with Crippen molar-refractivity contribution >= 4 is 27.7 Å². The van der Waals surface area contributed by atoms with Crippen LogP contribution in [-0.2, 0) is 23.1 Å². The van der Waals surface area contributed by atoms with E-state index in [0.717, 1.165) is 16.3 Å². The summed E-state index contributed by atoms with van der Waals surface area (Å²) < 4.78 is 7.94. The van der Waals surface area contributed by atoms with Gasteiger partial charge in [0.05, 0.1) is 12.8 Å². The first-order valence-corrected chi connectivity index (χ1v) is 7.32. The van der Waals surface area contributed by atoms with Gasteiger partial charge >= 0.3 is 0 Å². The van der Waals surface area contributed by atoms with Gasteiger partial charge in [-0.2, -0.15) is 5.10 Å². The minimum Gasteiger partial charge on any atom is -0.383 e. The molecule has 3 aromatic rings. The number of methoxy groups -OCH3 is 1. The number of fused-ring (bicyclic) bond motifs is 3. The summed E-state index contributed by atoms with van der Waals surface area (Å²) in [6, 6.07) is 7.62. The number of ether oxygens (including phenoxy) is 1. The Morgan fingerprint density at radius 3 is 2.87 bits per heavy atom. The molecule has 2 aromatic heterocycles. The van der Waals surface area contributed by atoms with Crippen LogP contribution in [0.4, 0.5) is 0 Å². The Morgan fingerprint density at radius 1 is 1.30 bits per heavy atom. The number of amides is 1. The van der Waals surface area contributed by atoms with E-state index in [0.29, 0.717) is 18.7 Å². The lowest BCUT2D eigenvalue weighted by atomic mass is 10.2. The van der Waals surface area contributed by atoms with Gasteiger partial charge in [-0.1, -0.05) is 18.2 Å². The molecule has 0 aliphatic heterocycles. The summed E-state index contributed by atoms with van der Waals surface area (Å²) in [7, 11) is 3.18. The molecule has 0 unspecified atom stereocenters. The lowest BCUT2D eigenvalue weighted by Gasteiger charge is -2.08. The predicted molar refractivity (Wildman–Crippen MR) is 87.4 cm³/mol. The predicted octanol–water partition coefficient (Wildman–Crippen LogP) is 0.651. The summed E-state index contributed by atoms with van der Waals surface area (Å²) in [6.07, 6.45) is 1.67. The van der Waals surface area contributed by atoms with E-state index in [1.165, 1.54) is 4.68 Å². The van der Waals surface area contributed by atoms with Crippen molar-refractivity contribution in [2.45, 2.75) is 6.54 Å². The normalized spacial score (nSPS) is 11.2. The maximum atomic E-state index is 12.5. The van der Waals surface area contributed by atoms with Crippen molar-refractivity contribution < 1.29 is 9.53 Å². The fourth-order valence-electron chi connectivity index (χ4n) is 2.70. The Labute approximate surface area is 132 Å². The van der Waals surface area contributed by atoms with Gasteiger partial charge in [0.25, 0.3) is 5.56 Å². The number of benzene rings is 1. The second kappa shape index (κ2) is 6.21. The van der Waals surface area contributed by atoms with E-state index in [1.54, 1.807) is 24.9 Å². The van der Waals surface area contributed by atoms with Crippen molar-refractivity contribution in [2.75, 3.05) is 20.3 Å². The molecule has 7 heteroatoms. The van der Waals surface area contributed by atoms with Crippen LogP contribution in [0.25, 0.3) is 21.8 Å². The number of aryl methyl sites for hydroxylation is 1. The van der Waals surface area contributed by atoms with Gasteiger partial charge in [-0.15, -0.1) is 0 Å². The highest BCUT2D eigenvalue weighted by molar-refractivity contribution is 6.07. The molecule has 0 spiro atoms. The molecular weight excluding hydrogens is 296 g/mol. The number of hydrogen-bond acceptors (Lipinski definition) is 4. The Balaban J connectivity index is 2.11. The monoisotopic (exact) mass is 314 g/mol. The smallest absolute Gasteiger partial charge is 0.291 e. The van der Waals surface area contributed by atoms with Crippen LogP contribution in [0.3, 0.4) is 0 Å². The zero-order valence-electron chi connectivity index (χ0n) is 13.1. The number of carbonyl (C=O) groups is 1. The van der Waals surface area contributed by atoms with Gasteiger partial charge in [-0.25, -0.2) is 4.68 Å². The van der Waals surface area contributed by atoms with Crippen LogP contribution in [-0.4, -0.2) is 40.5 Å². The zero-order valence-corrected chi connectivity index (χ0v) is 13.1. The molecule has 1 amide bonds. The van der Waals surface area contributed by atoms with Gasteiger partial charge in [-0.3, -0.25) is 9.59 Å². The third-order valence-electron chi connectivity index (χ3n) is 3.80. The number of aromatic nitrogens is 3. The summed E-state index contributed by atoms with van der Waals surface area (Å²) in [5.74, 6) is -0.163. The minimum atomic E-state index is -0.219. The largest absolute Gasteiger partial charge is 0.383 e. The molecule has 23 heavy (non-hydrogen) atoms. The Hall–Kier alpha value is -2.67. The highest BCUT2D eigenvalue weighted by Crippen LogP contribution is 2.25. The van der Waals surface area contributed by atoms with Crippen molar-refractivity contribution in [1.82, 2.24) is 19.7 Å². The maximum absolute atomic E-state index is 12.5. The molecule has 120 valence electrons. The molecule has 2 heterocycles. The second-order valence-electron chi connectivity index (χ2n) is 5.28. The number of nitrogens with one attached hydrogen (secondary N) is 1. The highest BCUT2D eigenvalue weighted by atomic mass is 16.5. The fraction of sp³-hybridized carbons (Fsp3) is 0.312. The van der Waals surface area contributed by atoms with Gasteiger partial charge in [0, 0.05) is 37.0 Å². The lowest BCUT2D eigenvalue weighted by molar-refractivity contribution is -0.121. The van der Waals surface area contributed by atoms with Crippen LogP contribution in [0, 0.1) is 0 Å². The number of para-hydroxylation sites is 1. The van der Waals surface area contributed by atoms with E-state index in [9.17, 15) is 9.59 Å². The number of carbonyl (C=O) groups excluding carboxylic acids is 1. The van der Waals surface area contributed by atoms with Gasteiger partial charge in [0.2, 0.25) is 5.91 Å². The van der Waals surface area contributed by atoms with Crippen molar-refractivity contribution in [3.05, 3.63) is 40.8 Å². The summed E-state index contributed by atoms with van der Waals surface area (Å²) in [4.78, 5) is 24.6. The van der Waals surface area contributed by atoms with Crippen LogP contribution in [0.2, 0.25) is 0 Å². The van der Waals surface area contributed by atoms with Gasteiger partial charge in [-0.05, 0) is 6.07 Å². The minimum absolute atomic E-state index is 0.0764. The molecule has 7 nitrogen and oxygen atoms in total. The molecule has 0 saturated heterocycles. The molecule has 0 fully saturated rings. The standard InChI is InChI=1S/C16H18N4O3/c1-19-16(22)15-12(9-18-19)11-5-3-4-6-13(11)20(15)10-14(21)17-7-8-23-2/h3-6,9H,7-8,10H2,1-2H3,(H,17,21). The van der Waals surface area contributed by atoms with Gasteiger partial charge < -0.3 is 14.6 Å². The molecule has 0 radical (unpaired) electrons. The molecule has 1 N–H and O–H groups in total. The van der Waals surface area contributed by atoms with Crippen molar-refractivity contribution in [1.29, 1.82) is 0 Å². The Kier molecular flexibility index (Phi) is 4.12. The highest BCUT2D eigenvalue weighted by Gasteiger charge is 2.16. The number of nitrogens with zero attached hydrogens (tertiary/aromatic N) is 3. The van der Waals surface area contributed by atoms with Crippen molar-refractivity contribution in [2.24, 2.45) is 7.05 Å². The van der Waals surface area contributed by atoms with E-state index in [4.69, 9.17) is 4.74 Å². The summed E-state index contributed by atoms with van der Waals surface area (Å²) in [6.45, 7) is 0.962. The van der Waals surface area contributed by atoms with E-state index < -0.39 is 0 Å². The molecule has 3 rings (SSSR count). The molecular formula is C16H18N4O3. The average molecular weight is 314 g/mol. The first kappa shape index (κ1) is 15.2. The Bertz CT molecular complexity index is 926. The van der Waals surface area contributed by atoms with Gasteiger partial charge in [0.15, 0.2) is 0 Å².